The molecule has 3 aromatic rings. The molecule has 254 valence electrons. The Hall–Kier alpha value is -3.45. The molecule has 2 heterocycles. The number of esters is 1. The number of piperidine rings is 1. The first-order valence-electron chi connectivity index (χ1n) is 17.2. The lowest BCUT2D eigenvalue weighted by molar-refractivity contribution is -0.171. The molecule has 0 amide bonds. The molecule has 2 fully saturated rings. The molecule has 0 radical (unpaired) electrons. The summed E-state index contributed by atoms with van der Waals surface area (Å²) >= 11 is 0. The van der Waals surface area contributed by atoms with Crippen LogP contribution in [0.15, 0.2) is 48.5 Å². The van der Waals surface area contributed by atoms with E-state index in [4.69, 9.17) is 19.2 Å². The number of nitrogens with zero attached hydrogens (tertiary/aromatic N) is 2. The van der Waals surface area contributed by atoms with Crippen LogP contribution in [0.1, 0.15) is 109 Å². The van der Waals surface area contributed by atoms with Crippen LogP contribution in [0, 0.1) is 25.1 Å². The van der Waals surface area contributed by atoms with Gasteiger partial charge in [0.1, 0.15) is 11.6 Å². The number of aryl methyl sites for hydroxylation is 2. The molecule has 1 aliphatic heterocycles. The van der Waals surface area contributed by atoms with Gasteiger partial charge >= 0.3 is 5.97 Å². The van der Waals surface area contributed by atoms with E-state index in [1.807, 2.05) is 65.8 Å². The van der Waals surface area contributed by atoms with E-state index in [0.29, 0.717) is 12.0 Å². The van der Waals surface area contributed by atoms with Crippen LogP contribution in [-0.4, -0.2) is 42.4 Å². The van der Waals surface area contributed by atoms with E-state index in [-0.39, 0.29) is 17.3 Å². The van der Waals surface area contributed by atoms with Gasteiger partial charge in [0.2, 0.25) is 0 Å². The number of hydrogen-bond donors (Lipinski definition) is 0. The number of anilines is 1. The summed E-state index contributed by atoms with van der Waals surface area (Å²) in [6, 6.07) is 14.8. The summed E-state index contributed by atoms with van der Waals surface area (Å²) in [6.07, 6.45) is 5.03. The van der Waals surface area contributed by atoms with Crippen molar-refractivity contribution < 1.29 is 23.4 Å². The minimum atomic E-state index is -0.921. The molecule has 0 N–H and O–H groups in total. The van der Waals surface area contributed by atoms with Gasteiger partial charge in [-0.1, -0.05) is 44.5 Å². The van der Waals surface area contributed by atoms with Gasteiger partial charge in [-0.15, -0.1) is 0 Å². The van der Waals surface area contributed by atoms with Gasteiger partial charge in [0.15, 0.2) is 6.10 Å². The predicted molar refractivity (Wildman–Crippen MR) is 187 cm³/mol. The van der Waals surface area contributed by atoms with Crippen molar-refractivity contribution in [1.29, 1.82) is 0 Å². The summed E-state index contributed by atoms with van der Waals surface area (Å²) in [7, 11) is 0. The zero-order chi connectivity index (χ0) is 34.1. The lowest BCUT2D eigenvalue weighted by Gasteiger charge is -2.49. The molecule has 1 atom stereocenters. The summed E-state index contributed by atoms with van der Waals surface area (Å²) in [4.78, 5) is 21.3. The number of aromatic nitrogens is 1. The quantitative estimate of drug-likeness (QED) is 0.205. The molecule has 0 bridgehead atoms. The maximum absolute atomic E-state index is 13.8. The van der Waals surface area contributed by atoms with Crippen LogP contribution in [0.25, 0.3) is 11.1 Å². The number of carbonyl (C=O) groups excluding carboxylic acids is 1. The minimum absolute atomic E-state index is 0.246. The summed E-state index contributed by atoms with van der Waals surface area (Å²) < 4.78 is 32.1. The normalized spacial score (nSPS) is 17.0. The maximum Gasteiger partial charge on any atom is 0.340 e. The first-order chi connectivity index (χ1) is 22.1. The Morgan fingerprint density at radius 3 is 2.06 bits per heavy atom. The topological polar surface area (TPSA) is 60.9 Å². The molecule has 1 aromatic heterocycles. The Morgan fingerprint density at radius 2 is 1.53 bits per heavy atom. The van der Waals surface area contributed by atoms with Gasteiger partial charge in [-0.05, 0) is 115 Å². The Morgan fingerprint density at radius 1 is 0.915 bits per heavy atom. The van der Waals surface area contributed by atoms with Crippen molar-refractivity contribution in [3.8, 4) is 16.9 Å². The molecular weight excluding hydrogens is 591 g/mol. The summed E-state index contributed by atoms with van der Waals surface area (Å²) in [5.41, 5.74) is 6.10. The van der Waals surface area contributed by atoms with Gasteiger partial charge in [0.05, 0.1) is 24.0 Å². The Bertz CT molecular complexity index is 1540. The first-order valence-corrected chi connectivity index (χ1v) is 17.2. The van der Waals surface area contributed by atoms with Gasteiger partial charge in [-0.2, -0.15) is 0 Å². The SMILES string of the molecule is Cc1nc(C)c(C(OC(C)(C)C)C(=O)OC(C)C)c(N2CCC3(CCC3)CC2)c1-c1ccc(OCC(C)(C)c2ccc(F)cc2)cc1. The molecule has 1 saturated carbocycles. The molecule has 5 rings (SSSR count). The van der Waals surface area contributed by atoms with Crippen LogP contribution in [0.2, 0.25) is 0 Å². The van der Waals surface area contributed by atoms with Crippen molar-refractivity contribution in [2.45, 2.75) is 118 Å². The standard InChI is InChI=1S/C40H53FN2O4/c1-26(2)46-37(44)36(47-38(5,6)7)34-28(4)42-27(3)33(35(34)43-23-21-40(22-24-43)19-10-20-40)29-11-17-32(18-12-29)45-25-39(8,9)30-13-15-31(41)16-14-30/h11-18,26,36H,10,19-25H2,1-9H3. The van der Waals surface area contributed by atoms with Crippen molar-refractivity contribution >= 4 is 11.7 Å². The van der Waals surface area contributed by atoms with E-state index in [0.717, 1.165) is 71.0 Å². The smallest absolute Gasteiger partial charge is 0.340 e. The molecule has 7 heteroatoms. The number of rotatable bonds is 10. The number of halogens is 1. The number of benzene rings is 2. The zero-order valence-corrected chi connectivity index (χ0v) is 29.8. The highest BCUT2D eigenvalue weighted by Gasteiger charge is 2.42. The van der Waals surface area contributed by atoms with Crippen molar-refractivity contribution in [2.24, 2.45) is 5.41 Å². The van der Waals surface area contributed by atoms with Crippen molar-refractivity contribution in [3.05, 3.63) is 76.9 Å². The maximum atomic E-state index is 13.8. The van der Waals surface area contributed by atoms with Gasteiger partial charge in [0.25, 0.3) is 0 Å². The van der Waals surface area contributed by atoms with Crippen molar-refractivity contribution in [1.82, 2.24) is 4.98 Å². The molecule has 2 aliphatic rings. The molecule has 1 aliphatic carbocycles. The van der Waals surface area contributed by atoms with Crippen LogP contribution in [0.4, 0.5) is 10.1 Å². The third-order valence-electron chi connectivity index (χ3n) is 9.80. The van der Waals surface area contributed by atoms with Crippen LogP contribution in [-0.2, 0) is 19.7 Å². The summed E-state index contributed by atoms with van der Waals surface area (Å²) in [5.74, 6) is 0.114. The monoisotopic (exact) mass is 644 g/mol. The van der Waals surface area contributed by atoms with E-state index in [1.54, 1.807) is 0 Å². The fraction of sp³-hybridized carbons (Fsp3) is 0.550. The van der Waals surface area contributed by atoms with Gasteiger partial charge in [-0.3, -0.25) is 4.98 Å². The summed E-state index contributed by atoms with van der Waals surface area (Å²) in [5, 5.41) is 0. The zero-order valence-electron chi connectivity index (χ0n) is 29.8. The van der Waals surface area contributed by atoms with E-state index in [1.165, 1.54) is 31.4 Å². The van der Waals surface area contributed by atoms with Gasteiger partial charge in [0, 0.05) is 41.0 Å². The third kappa shape index (κ3) is 7.99. The molecule has 1 saturated heterocycles. The highest BCUT2D eigenvalue weighted by atomic mass is 19.1. The molecule has 1 unspecified atom stereocenters. The highest BCUT2D eigenvalue weighted by molar-refractivity contribution is 5.88. The van der Waals surface area contributed by atoms with Gasteiger partial charge < -0.3 is 19.1 Å². The molecule has 1 spiro atoms. The third-order valence-corrected chi connectivity index (χ3v) is 9.80. The van der Waals surface area contributed by atoms with E-state index < -0.39 is 17.7 Å². The fourth-order valence-electron chi connectivity index (χ4n) is 7.05. The number of carbonyl (C=O) groups is 1. The fourth-order valence-corrected chi connectivity index (χ4v) is 7.05. The van der Waals surface area contributed by atoms with Crippen LogP contribution >= 0.6 is 0 Å². The predicted octanol–water partition coefficient (Wildman–Crippen LogP) is 9.44. The number of pyridine rings is 1. The Labute approximate surface area is 281 Å². The average Bonchev–Trinajstić information content (AvgIpc) is 2.98. The average molecular weight is 645 g/mol. The molecule has 6 nitrogen and oxygen atoms in total. The second-order valence-electron chi connectivity index (χ2n) is 15.6. The van der Waals surface area contributed by atoms with E-state index in [2.05, 4.69) is 37.8 Å². The second-order valence-corrected chi connectivity index (χ2v) is 15.6. The molecular formula is C40H53FN2O4. The van der Waals surface area contributed by atoms with Crippen LogP contribution < -0.4 is 9.64 Å². The van der Waals surface area contributed by atoms with Crippen LogP contribution in [0.3, 0.4) is 0 Å². The number of ether oxygens (including phenoxy) is 3. The highest BCUT2D eigenvalue weighted by Crippen LogP contribution is 2.51. The Balaban J connectivity index is 1.54. The van der Waals surface area contributed by atoms with Crippen LogP contribution in [0.5, 0.6) is 5.75 Å². The molecule has 47 heavy (non-hydrogen) atoms. The number of hydrogen-bond acceptors (Lipinski definition) is 6. The van der Waals surface area contributed by atoms with E-state index >= 15 is 0 Å². The summed E-state index contributed by atoms with van der Waals surface area (Å²) in [6.45, 7) is 20.1. The second kappa shape index (κ2) is 13.6. The minimum Gasteiger partial charge on any atom is -0.493 e. The van der Waals surface area contributed by atoms with E-state index in [9.17, 15) is 9.18 Å². The Kier molecular flexibility index (Phi) is 10.1. The molecule has 2 aromatic carbocycles. The first kappa shape index (κ1) is 34.9. The van der Waals surface area contributed by atoms with Gasteiger partial charge in [-0.25, -0.2) is 9.18 Å². The lowest BCUT2D eigenvalue weighted by atomic mass is 9.63. The van der Waals surface area contributed by atoms with Crippen molar-refractivity contribution in [3.63, 3.8) is 0 Å². The van der Waals surface area contributed by atoms with Crippen molar-refractivity contribution in [2.75, 3.05) is 24.6 Å². The largest absolute Gasteiger partial charge is 0.493 e. The lowest BCUT2D eigenvalue weighted by Crippen LogP contribution is -2.44.